The number of thiocarbonyl (C=S) groups is 2. The van der Waals surface area contributed by atoms with Crippen molar-refractivity contribution >= 4 is 58.2 Å². The largest absolute Gasteiger partial charge is 0.375 e. The highest BCUT2D eigenvalue weighted by molar-refractivity contribution is 7.80. The molecule has 0 unspecified atom stereocenters. The fourth-order valence-corrected chi connectivity index (χ4v) is 1.47. The summed E-state index contributed by atoms with van der Waals surface area (Å²) >= 11 is 9.34. The molecule has 1 aromatic carbocycles. The van der Waals surface area contributed by atoms with Gasteiger partial charge in [0.25, 0.3) is 0 Å². The summed E-state index contributed by atoms with van der Waals surface area (Å²) in [6.45, 7) is 1.43. The highest BCUT2D eigenvalue weighted by Gasteiger charge is 2.03. The topological polar surface area (TPSA) is 130 Å². The van der Waals surface area contributed by atoms with Crippen LogP contribution >= 0.6 is 24.4 Å². The summed E-state index contributed by atoms with van der Waals surface area (Å²) in [5.74, 6) is -0.154. The van der Waals surface area contributed by atoms with Crippen molar-refractivity contribution in [3.05, 3.63) is 29.8 Å². The lowest BCUT2D eigenvalue weighted by atomic mass is 10.1. The number of hydrogen-bond donors (Lipinski definition) is 5. The van der Waals surface area contributed by atoms with Crippen LogP contribution in [-0.4, -0.2) is 28.1 Å². The van der Waals surface area contributed by atoms with Crippen molar-refractivity contribution in [2.75, 3.05) is 5.32 Å². The molecule has 1 aromatic rings. The van der Waals surface area contributed by atoms with Gasteiger partial charge in [0.15, 0.2) is 10.2 Å². The molecule has 7 N–H and O–H groups in total. The Labute approximate surface area is 138 Å². The maximum absolute atomic E-state index is 11.0. The van der Waals surface area contributed by atoms with Crippen LogP contribution in [0.5, 0.6) is 0 Å². The van der Waals surface area contributed by atoms with E-state index >= 15 is 0 Å². The Bertz CT molecular complexity index is 625. The lowest BCUT2D eigenvalue weighted by Crippen LogP contribution is -2.27. The lowest BCUT2D eigenvalue weighted by Gasteiger charge is -2.05. The number of hydrazone groups is 2. The van der Waals surface area contributed by atoms with Crippen molar-refractivity contribution in [1.82, 2.24) is 10.9 Å². The van der Waals surface area contributed by atoms with E-state index in [1.807, 2.05) is 0 Å². The number of rotatable bonds is 5. The molecule has 0 saturated carbocycles. The molecule has 10 heteroatoms. The molecule has 0 aromatic heterocycles. The van der Waals surface area contributed by atoms with Gasteiger partial charge in [-0.15, -0.1) is 0 Å². The molecule has 0 spiro atoms. The minimum absolute atomic E-state index is 0.0167. The van der Waals surface area contributed by atoms with E-state index in [-0.39, 0.29) is 16.1 Å². The molecule has 0 radical (unpaired) electrons. The molecule has 8 nitrogen and oxygen atoms in total. The number of anilines is 1. The number of hydrogen-bond acceptors (Lipinski definition) is 5. The zero-order chi connectivity index (χ0) is 16.5. The van der Waals surface area contributed by atoms with Crippen LogP contribution in [0.4, 0.5) is 5.69 Å². The molecule has 1 amide bonds. The minimum Gasteiger partial charge on any atom is -0.375 e. The fraction of sp³-hybridized carbons (Fsp3) is 0.0833. The quantitative estimate of drug-likeness (QED) is 0.290. The molecular formula is C12H15N7OS2. The van der Waals surface area contributed by atoms with Crippen LogP contribution in [0, 0.1) is 0 Å². The van der Waals surface area contributed by atoms with Crippen LogP contribution in [0.2, 0.25) is 0 Å². The Morgan fingerprint density at radius 1 is 1.14 bits per heavy atom. The Morgan fingerprint density at radius 3 is 2.23 bits per heavy atom. The second-order valence-corrected chi connectivity index (χ2v) is 4.85. The van der Waals surface area contributed by atoms with Gasteiger partial charge in [0.1, 0.15) is 5.71 Å². The number of carbonyl (C=O) groups is 1. The van der Waals surface area contributed by atoms with E-state index in [0.29, 0.717) is 17.0 Å². The molecular weight excluding hydrogens is 322 g/mol. The number of nitrogens with zero attached hydrogens (tertiary/aromatic N) is 2. The van der Waals surface area contributed by atoms with Crippen LogP contribution < -0.4 is 27.6 Å². The fourth-order valence-electron chi connectivity index (χ4n) is 1.37. The maximum atomic E-state index is 11.0. The van der Waals surface area contributed by atoms with Crippen LogP contribution in [-0.2, 0) is 4.79 Å². The van der Waals surface area contributed by atoms with Crippen LogP contribution in [0.25, 0.3) is 0 Å². The SMILES string of the molecule is CC(=O)Nc1ccc(C(/C=N\NC(N)=S)=N/NC(N)=S)cc1. The normalized spacial score (nSPS) is 11.0. The molecule has 0 atom stereocenters. The predicted molar refractivity (Wildman–Crippen MR) is 95.6 cm³/mol. The van der Waals surface area contributed by atoms with E-state index in [4.69, 9.17) is 23.7 Å². The minimum atomic E-state index is -0.154. The Balaban J connectivity index is 2.97. The number of amides is 1. The Morgan fingerprint density at radius 2 is 1.73 bits per heavy atom. The van der Waals surface area contributed by atoms with E-state index in [1.165, 1.54) is 13.1 Å². The van der Waals surface area contributed by atoms with Crippen molar-refractivity contribution in [2.45, 2.75) is 6.92 Å². The lowest BCUT2D eigenvalue weighted by molar-refractivity contribution is -0.114. The second kappa shape index (κ2) is 8.64. The average Bonchev–Trinajstić information content (AvgIpc) is 2.42. The van der Waals surface area contributed by atoms with Crippen molar-refractivity contribution in [3.8, 4) is 0 Å². The van der Waals surface area contributed by atoms with Gasteiger partial charge < -0.3 is 16.8 Å². The number of carbonyl (C=O) groups excluding carboxylic acids is 1. The van der Waals surface area contributed by atoms with E-state index in [1.54, 1.807) is 24.3 Å². The molecule has 22 heavy (non-hydrogen) atoms. The van der Waals surface area contributed by atoms with Crippen molar-refractivity contribution in [2.24, 2.45) is 21.7 Å². The van der Waals surface area contributed by atoms with Crippen LogP contribution in [0.15, 0.2) is 34.5 Å². The Hall–Kier alpha value is -2.59. The number of nitrogens with one attached hydrogen (secondary N) is 3. The summed E-state index contributed by atoms with van der Waals surface area (Å²) < 4.78 is 0. The van der Waals surface area contributed by atoms with E-state index < -0.39 is 0 Å². The van der Waals surface area contributed by atoms with Gasteiger partial charge in [-0.25, -0.2) is 0 Å². The third-order valence-electron chi connectivity index (χ3n) is 2.15. The van der Waals surface area contributed by atoms with Gasteiger partial charge in [-0.1, -0.05) is 12.1 Å². The number of benzene rings is 1. The van der Waals surface area contributed by atoms with Crippen molar-refractivity contribution < 1.29 is 4.79 Å². The molecule has 0 fully saturated rings. The standard InChI is InChI=1S/C12H15N7OS2/c1-7(20)16-9-4-2-8(3-5-9)10(17-19-12(14)22)6-15-18-11(13)21/h2-6H,1H3,(H,16,20)(H3,13,18,21)(H3,14,19,22)/b15-6-,17-10+. The van der Waals surface area contributed by atoms with Gasteiger partial charge in [0.05, 0.1) is 6.21 Å². The van der Waals surface area contributed by atoms with Crippen molar-refractivity contribution in [3.63, 3.8) is 0 Å². The summed E-state index contributed by atoms with van der Waals surface area (Å²) in [7, 11) is 0. The first-order valence-corrected chi connectivity index (χ1v) is 6.80. The summed E-state index contributed by atoms with van der Waals surface area (Å²) in [5, 5.41) is 10.6. The van der Waals surface area contributed by atoms with E-state index in [9.17, 15) is 4.79 Å². The monoisotopic (exact) mass is 337 g/mol. The summed E-state index contributed by atoms with van der Waals surface area (Å²) in [6.07, 6.45) is 1.40. The molecule has 0 heterocycles. The molecule has 1 rings (SSSR count). The highest BCUT2D eigenvalue weighted by Crippen LogP contribution is 2.10. The molecule has 0 aliphatic rings. The third kappa shape index (κ3) is 6.72. The third-order valence-corrected chi connectivity index (χ3v) is 2.33. The van der Waals surface area contributed by atoms with Gasteiger partial charge >= 0.3 is 0 Å². The second-order valence-electron chi connectivity index (χ2n) is 3.97. The van der Waals surface area contributed by atoms with Crippen LogP contribution in [0.3, 0.4) is 0 Å². The molecule has 0 saturated heterocycles. The highest BCUT2D eigenvalue weighted by atomic mass is 32.1. The van der Waals surface area contributed by atoms with Gasteiger partial charge in [-0.3, -0.25) is 15.6 Å². The molecule has 0 bridgehead atoms. The summed E-state index contributed by atoms with van der Waals surface area (Å²) in [5.41, 5.74) is 17.3. The van der Waals surface area contributed by atoms with Gasteiger partial charge in [-0.2, -0.15) is 10.2 Å². The summed E-state index contributed by atoms with van der Waals surface area (Å²) in [6, 6.07) is 6.94. The van der Waals surface area contributed by atoms with Crippen LogP contribution in [0.1, 0.15) is 12.5 Å². The zero-order valence-corrected chi connectivity index (χ0v) is 13.3. The van der Waals surface area contributed by atoms with Gasteiger partial charge in [-0.05, 0) is 36.6 Å². The smallest absolute Gasteiger partial charge is 0.221 e. The summed E-state index contributed by atoms with van der Waals surface area (Å²) in [4.78, 5) is 11.0. The first-order chi connectivity index (χ1) is 10.4. The predicted octanol–water partition coefficient (Wildman–Crippen LogP) is 0.00130. The van der Waals surface area contributed by atoms with E-state index in [2.05, 4.69) is 38.6 Å². The Kier molecular flexibility index (Phi) is 6.86. The average molecular weight is 337 g/mol. The first-order valence-electron chi connectivity index (χ1n) is 5.98. The van der Waals surface area contributed by atoms with Gasteiger partial charge in [0, 0.05) is 18.2 Å². The maximum Gasteiger partial charge on any atom is 0.221 e. The number of nitrogens with two attached hydrogens (primary N) is 2. The first kappa shape index (κ1) is 17.5. The molecule has 0 aliphatic heterocycles. The van der Waals surface area contributed by atoms with E-state index in [0.717, 1.165) is 0 Å². The molecule has 116 valence electrons. The molecule has 0 aliphatic carbocycles. The van der Waals surface area contributed by atoms with Crippen molar-refractivity contribution in [1.29, 1.82) is 0 Å². The van der Waals surface area contributed by atoms with Gasteiger partial charge in [0.2, 0.25) is 5.91 Å². The zero-order valence-electron chi connectivity index (χ0n) is 11.7.